The Bertz CT molecular complexity index is 735. The number of nitrogens with one attached hydrogen (secondary N) is 2. The normalized spacial score (nSPS) is 12.6. The van der Waals surface area contributed by atoms with E-state index in [0.717, 1.165) is 5.56 Å². The Balaban J connectivity index is 2.41. The van der Waals surface area contributed by atoms with Crippen molar-refractivity contribution in [2.45, 2.75) is 43.5 Å². The fraction of sp³-hybridized carbons (Fsp3) is 0.471. The number of carboxylic acids is 3. The van der Waals surface area contributed by atoms with Gasteiger partial charge in [0.25, 0.3) is 0 Å². The second-order valence-corrected chi connectivity index (χ2v) is 7.12. The summed E-state index contributed by atoms with van der Waals surface area (Å²) in [6.45, 7) is 0. The Labute approximate surface area is 169 Å². The van der Waals surface area contributed by atoms with Crippen molar-refractivity contribution in [3.63, 3.8) is 0 Å². The Morgan fingerprint density at radius 3 is 2.24 bits per heavy atom. The smallest absolute Gasteiger partial charge is 0.326 e. The molecule has 0 spiro atoms. The number of carbonyl (C=O) groups is 4. The summed E-state index contributed by atoms with van der Waals surface area (Å²) in [5, 5.41) is 31.1. The quantitative estimate of drug-likeness (QED) is 0.229. The molecule has 0 bridgehead atoms. The van der Waals surface area contributed by atoms with E-state index < -0.39 is 48.4 Å². The number of urea groups is 1. The maximum atomic E-state index is 13.0. The van der Waals surface area contributed by atoms with Gasteiger partial charge in [0.05, 0.1) is 0 Å². The van der Waals surface area contributed by atoms with E-state index in [1.807, 2.05) is 0 Å². The molecule has 1 aromatic rings. The van der Waals surface area contributed by atoms with Crippen LogP contribution in [-0.4, -0.2) is 62.1 Å². The molecule has 2 amide bonds. The van der Waals surface area contributed by atoms with Crippen LogP contribution in [0.2, 0.25) is 0 Å². The lowest BCUT2D eigenvalue weighted by molar-refractivity contribution is -0.140. The SMILES string of the molecule is O=C(O)CCC(NC(=O)NC(CCCSCc1ccnc([18F])c1)C(=O)O)C(=O)O. The molecule has 1 aromatic heterocycles. The molecule has 2 unspecified atom stereocenters. The number of amides is 2. The molecule has 29 heavy (non-hydrogen) atoms. The third-order valence-electron chi connectivity index (χ3n) is 3.69. The van der Waals surface area contributed by atoms with E-state index in [0.29, 0.717) is 17.9 Å². The molecule has 0 radical (unpaired) electrons. The summed E-state index contributed by atoms with van der Waals surface area (Å²) in [5.41, 5.74) is 0.746. The van der Waals surface area contributed by atoms with Gasteiger partial charge in [0.15, 0.2) is 0 Å². The van der Waals surface area contributed by atoms with Crippen molar-refractivity contribution in [2.24, 2.45) is 0 Å². The molecule has 1 heterocycles. The van der Waals surface area contributed by atoms with Crippen LogP contribution in [0.15, 0.2) is 18.3 Å². The van der Waals surface area contributed by atoms with Crippen molar-refractivity contribution >= 4 is 35.7 Å². The van der Waals surface area contributed by atoms with Crippen molar-refractivity contribution in [1.29, 1.82) is 0 Å². The lowest BCUT2D eigenvalue weighted by atomic mass is 10.1. The molecule has 12 heteroatoms. The lowest BCUT2D eigenvalue weighted by Crippen LogP contribution is -2.51. The van der Waals surface area contributed by atoms with Gasteiger partial charge >= 0.3 is 23.9 Å². The van der Waals surface area contributed by atoms with Crippen LogP contribution in [-0.2, 0) is 20.1 Å². The van der Waals surface area contributed by atoms with Gasteiger partial charge in [-0.15, -0.1) is 0 Å². The van der Waals surface area contributed by atoms with Crippen LogP contribution in [0.3, 0.4) is 0 Å². The summed E-state index contributed by atoms with van der Waals surface area (Å²) in [4.78, 5) is 48.2. The number of aliphatic carboxylic acids is 3. The summed E-state index contributed by atoms with van der Waals surface area (Å²) in [6, 6.07) is -0.706. The number of halogens is 1. The molecule has 0 aliphatic carbocycles. The molecular formula is C17H22FN3O7S. The van der Waals surface area contributed by atoms with E-state index in [-0.39, 0.29) is 12.8 Å². The van der Waals surface area contributed by atoms with E-state index in [1.165, 1.54) is 24.0 Å². The van der Waals surface area contributed by atoms with Gasteiger partial charge in [-0.3, -0.25) is 4.79 Å². The van der Waals surface area contributed by atoms with Crippen LogP contribution in [0.5, 0.6) is 0 Å². The molecule has 10 nitrogen and oxygen atoms in total. The van der Waals surface area contributed by atoms with Crippen molar-refractivity contribution in [3.8, 4) is 0 Å². The first-order valence-electron chi connectivity index (χ1n) is 8.61. The predicted octanol–water partition coefficient (Wildman–Crippen LogP) is 1.30. The first-order valence-corrected chi connectivity index (χ1v) is 9.77. The minimum Gasteiger partial charge on any atom is -0.481 e. The second kappa shape index (κ2) is 12.5. The Kier molecular flexibility index (Phi) is 10.4. The summed E-state index contributed by atoms with van der Waals surface area (Å²) >= 11 is 1.46. The Morgan fingerprint density at radius 2 is 1.69 bits per heavy atom. The number of carbonyl (C=O) groups excluding carboxylic acids is 1. The number of thioether (sulfide) groups is 1. The van der Waals surface area contributed by atoms with Gasteiger partial charge in [0.1, 0.15) is 12.1 Å². The first-order chi connectivity index (χ1) is 13.7. The molecule has 160 valence electrons. The van der Waals surface area contributed by atoms with Gasteiger partial charge in [0.2, 0.25) is 5.95 Å². The molecule has 0 aliphatic rings. The van der Waals surface area contributed by atoms with Crippen molar-refractivity contribution in [2.75, 3.05) is 5.75 Å². The second-order valence-electron chi connectivity index (χ2n) is 6.01. The van der Waals surface area contributed by atoms with Crippen molar-refractivity contribution in [1.82, 2.24) is 15.6 Å². The lowest BCUT2D eigenvalue weighted by Gasteiger charge is -2.18. The highest BCUT2D eigenvalue weighted by Crippen LogP contribution is 2.14. The molecule has 5 N–H and O–H groups in total. The molecule has 0 aliphatic heterocycles. The van der Waals surface area contributed by atoms with Gasteiger partial charge in [-0.05, 0) is 42.7 Å². The summed E-state index contributed by atoms with van der Waals surface area (Å²) in [5.74, 6) is -3.40. The minimum absolute atomic E-state index is 0.104. The minimum atomic E-state index is -1.45. The van der Waals surface area contributed by atoms with E-state index in [2.05, 4.69) is 15.6 Å². The fourth-order valence-electron chi connectivity index (χ4n) is 2.25. The molecule has 0 saturated carbocycles. The molecule has 0 aromatic carbocycles. The molecule has 1 rings (SSSR count). The van der Waals surface area contributed by atoms with Crippen LogP contribution < -0.4 is 10.6 Å². The average molecular weight is 430 g/mol. The Morgan fingerprint density at radius 1 is 1.07 bits per heavy atom. The van der Waals surface area contributed by atoms with Crippen molar-refractivity contribution < 1.29 is 38.9 Å². The summed E-state index contributed by atoms with van der Waals surface area (Å²) in [7, 11) is 0. The molecule has 2 atom stereocenters. The first kappa shape index (κ1) is 24.1. The zero-order chi connectivity index (χ0) is 21.8. The van der Waals surface area contributed by atoms with Gasteiger partial charge in [-0.25, -0.2) is 19.4 Å². The van der Waals surface area contributed by atoms with Crippen LogP contribution >= 0.6 is 11.8 Å². The molecule has 0 saturated heterocycles. The van der Waals surface area contributed by atoms with Gasteiger partial charge in [-0.2, -0.15) is 16.2 Å². The number of rotatable bonds is 13. The third kappa shape index (κ3) is 10.3. The number of pyridine rings is 1. The molecule has 0 fully saturated rings. The monoisotopic (exact) mass is 430 g/mol. The van der Waals surface area contributed by atoms with E-state index >= 15 is 0 Å². The zero-order valence-corrected chi connectivity index (χ0v) is 16.2. The van der Waals surface area contributed by atoms with E-state index in [1.54, 1.807) is 6.07 Å². The topological polar surface area (TPSA) is 166 Å². The van der Waals surface area contributed by atoms with Gasteiger partial charge in [-0.1, -0.05) is 0 Å². The van der Waals surface area contributed by atoms with Crippen LogP contribution in [0, 0.1) is 5.95 Å². The largest absolute Gasteiger partial charge is 0.481 e. The number of carboxylic acid groups (broad SMARTS) is 3. The third-order valence-corrected chi connectivity index (χ3v) is 4.81. The Hall–Kier alpha value is -2.89. The highest BCUT2D eigenvalue weighted by Gasteiger charge is 2.24. The van der Waals surface area contributed by atoms with Crippen molar-refractivity contribution in [3.05, 3.63) is 29.8 Å². The van der Waals surface area contributed by atoms with E-state index in [9.17, 15) is 28.7 Å². The highest BCUT2D eigenvalue weighted by molar-refractivity contribution is 7.98. The zero-order valence-electron chi connectivity index (χ0n) is 15.3. The number of hydrogen-bond acceptors (Lipinski definition) is 6. The number of nitrogens with zero attached hydrogens (tertiary/aromatic N) is 1. The number of aromatic nitrogens is 1. The average Bonchev–Trinajstić information content (AvgIpc) is 2.63. The van der Waals surface area contributed by atoms with Gasteiger partial charge < -0.3 is 26.0 Å². The van der Waals surface area contributed by atoms with E-state index in [4.69, 9.17) is 10.2 Å². The maximum Gasteiger partial charge on any atom is 0.326 e. The summed E-state index contributed by atoms with van der Waals surface area (Å²) < 4.78 is 13.0. The van der Waals surface area contributed by atoms with Crippen LogP contribution in [0.1, 0.15) is 31.2 Å². The predicted molar refractivity (Wildman–Crippen MR) is 101 cm³/mol. The fourth-order valence-corrected chi connectivity index (χ4v) is 3.18. The molecular weight excluding hydrogens is 408 g/mol. The van der Waals surface area contributed by atoms with Gasteiger partial charge in [0, 0.05) is 18.4 Å². The number of hydrogen-bond donors (Lipinski definition) is 5. The summed E-state index contributed by atoms with van der Waals surface area (Å²) in [6.07, 6.45) is 1.11. The van der Waals surface area contributed by atoms with Crippen LogP contribution in [0.25, 0.3) is 0 Å². The maximum absolute atomic E-state index is 13.0. The highest BCUT2D eigenvalue weighted by atomic mass is 32.2. The standard InChI is InChI=1S/C17H22FN3O7S/c18-13-8-10(5-6-19-13)9-29-7-1-2-11(15(24)25)20-17(28)21-12(16(26)27)3-4-14(22)23/h5-6,8,11-12H,1-4,7,9H2,(H,22,23)(H,24,25)(H,26,27)(H2,20,21,28)/i18-1. The van der Waals surface area contributed by atoms with Crippen LogP contribution in [0.4, 0.5) is 9.18 Å².